The van der Waals surface area contributed by atoms with Crippen molar-refractivity contribution in [2.75, 3.05) is 6.54 Å². The Labute approximate surface area is 68.0 Å². The van der Waals surface area contributed by atoms with E-state index in [2.05, 4.69) is 37.8 Å². The van der Waals surface area contributed by atoms with E-state index in [9.17, 15) is 0 Å². The van der Waals surface area contributed by atoms with Crippen LogP contribution in [-0.2, 0) is 0 Å². The lowest BCUT2D eigenvalue weighted by Gasteiger charge is -2.11. The van der Waals surface area contributed by atoms with E-state index in [1.165, 1.54) is 13.0 Å². The molecule has 0 amide bonds. The first-order chi connectivity index (χ1) is 4.68. The fraction of sp³-hybridized carbons (Fsp3) is 1.00. The number of thioether (sulfide) groups is 1. The molecule has 0 aromatic rings. The summed E-state index contributed by atoms with van der Waals surface area (Å²) in [6.45, 7) is 8.05. The monoisotopic (exact) mass is 159 g/mol. The molecule has 1 fully saturated rings. The third-order valence-electron chi connectivity index (χ3n) is 1.72. The summed E-state index contributed by atoms with van der Waals surface area (Å²) >= 11 is 2.08. The van der Waals surface area contributed by atoms with Crippen LogP contribution in [0.4, 0.5) is 0 Å². The molecule has 1 nitrogen and oxygen atoms in total. The first kappa shape index (κ1) is 8.41. The Morgan fingerprint density at radius 1 is 1.60 bits per heavy atom. The van der Waals surface area contributed by atoms with E-state index in [1.807, 2.05) is 0 Å². The van der Waals surface area contributed by atoms with Crippen molar-refractivity contribution >= 4 is 11.8 Å². The van der Waals surface area contributed by atoms with E-state index in [1.54, 1.807) is 0 Å². The van der Waals surface area contributed by atoms with Gasteiger partial charge in [0.2, 0.25) is 0 Å². The highest BCUT2D eigenvalue weighted by Gasteiger charge is 2.21. The lowest BCUT2D eigenvalue weighted by molar-refractivity contribution is 0.528. The summed E-state index contributed by atoms with van der Waals surface area (Å²) in [6.07, 6.45) is 1.31. The predicted octanol–water partition coefficient (Wildman–Crippen LogP) is 2.08. The Morgan fingerprint density at radius 3 is 2.70 bits per heavy atom. The average Bonchev–Trinajstić information content (AvgIpc) is 2.13. The van der Waals surface area contributed by atoms with Crippen molar-refractivity contribution in [3.8, 4) is 0 Å². The molecule has 1 N–H and O–H groups in total. The van der Waals surface area contributed by atoms with Gasteiger partial charge in [-0.2, -0.15) is 0 Å². The summed E-state index contributed by atoms with van der Waals surface area (Å²) in [5, 5.41) is 5.06. The van der Waals surface area contributed by atoms with E-state index in [0.717, 1.165) is 16.5 Å². The molecule has 1 aliphatic rings. The van der Waals surface area contributed by atoms with E-state index in [4.69, 9.17) is 0 Å². The van der Waals surface area contributed by atoms with E-state index >= 15 is 0 Å². The first-order valence-corrected chi connectivity index (χ1v) is 5.01. The van der Waals surface area contributed by atoms with Crippen LogP contribution in [-0.4, -0.2) is 17.2 Å². The molecule has 2 atom stereocenters. The SMILES string of the molecule is CC(C)CC1NCC(C)S1. The number of hydrogen-bond donors (Lipinski definition) is 1. The average molecular weight is 159 g/mol. The fourth-order valence-corrected chi connectivity index (χ4v) is 2.68. The van der Waals surface area contributed by atoms with Crippen LogP contribution in [0.25, 0.3) is 0 Å². The number of rotatable bonds is 2. The van der Waals surface area contributed by atoms with Crippen molar-refractivity contribution < 1.29 is 0 Å². The molecule has 1 rings (SSSR count). The zero-order chi connectivity index (χ0) is 7.56. The van der Waals surface area contributed by atoms with Gasteiger partial charge in [0.1, 0.15) is 0 Å². The van der Waals surface area contributed by atoms with Gasteiger partial charge in [0.15, 0.2) is 0 Å². The minimum atomic E-state index is 0.731. The quantitative estimate of drug-likeness (QED) is 0.662. The van der Waals surface area contributed by atoms with Gasteiger partial charge in [0, 0.05) is 11.8 Å². The summed E-state index contributed by atoms with van der Waals surface area (Å²) in [5.41, 5.74) is 0. The molecule has 0 radical (unpaired) electrons. The standard InChI is InChI=1S/C8H17NS/c1-6(2)4-8-9-5-7(3)10-8/h6-9H,4-5H2,1-3H3. The van der Waals surface area contributed by atoms with Crippen LogP contribution in [0.2, 0.25) is 0 Å². The van der Waals surface area contributed by atoms with E-state index in [-0.39, 0.29) is 0 Å². The fourth-order valence-electron chi connectivity index (χ4n) is 1.24. The van der Waals surface area contributed by atoms with Gasteiger partial charge in [0.05, 0.1) is 5.37 Å². The van der Waals surface area contributed by atoms with Gasteiger partial charge in [0.25, 0.3) is 0 Å². The Balaban J connectivity index is 2.18. The zero-order valence-corrected chi connectivity index (χ0v) is 7.87. The molecule has 1 heterocycles. The Morgan fingerprint density at radius 2 is 2.30 bits per heavy atom. The normalized spacial score (nSPS) is 33.6. The second-order valence-electron chi connectivity index (χ2n) is 3.47. The summed E-state index contributed by atoms with van der Waals surface area (Å²) < 4.78 is 0. The summed E-state index contributed by atoms with van der Waals surface area (Å²) in [7, 11) is 0. The van der Waals surface area contributed by atoms with Gasteiger partial charge in [-0.25, -0.2) is 0 Å². The van der Waals surface area contributed by atoms with Gasteiger partial charge in [-0.1, -0.05) is 20.8 Å². The lowest BCUT2D eigenvalue weighted by atomic mass is 10.1. The Bertz CT molecular complexity index is 103. The molecule has 2 unspecified atom stereocenters. The van der Waals surface area contributed by atoms with Crippen LogP contribution in [0.5, 0.6) is 0 Å². The molecular formula is C8H17NS. The molecule has 0 spiro atoms. The highest BCUT2D eigenvalue weighted by atomic mass is 32.2. The van der Waals surface area contributed by atoms with Crippen molar-refractivity contribution in [1.82, 2.24) is 5.32 Å². The van der Waals surface area contributed by atoms with E-state index < -0.39 is 0 Å². The van der Waals surface area contributed by atoms with Gasteiger partial charge in [-0.05, 0) is 12.3 Å². The summed E-state index contributed by atoms with van der Waals surface area (Å²) in [5.74, 6) is 0.829. The maximum absolute atomic E-state index is 3.50. The van der Waals surface area contributed by atoms with Gasteiger partial charge in [-0.15, -0.1) is 11.8 Å². The van der Waals surface area contributed by atoms with Gasteiger partial charge >= 0.3 is 0 Å². The van der Waals surface area contributed by atoms with Gasteiger partial charge in [-0.3, -0.25) is 0 Å². The summed E-state index contributed by atoms with van der Waals surface area (Å²) in [6, 6.07) is 0. The van der Waals surface area contributed by atoms with E-state index in [0.29, 0.717) is 0 Å². The largest absolute Gasteiger partial charge is 0.304 e. The highest BCUT2D eigenvalue weighted by Crippen LogP contribution is 2.26. The van der Waals surface area contributed by atoms with Crippen LogP contribution in [0.1, 0.15) is 27.2 Å². The predicted molar refractivity (Wildman–Crippen MR) is 48.3 cm³/mol. The van der Waals surface area contributed by atoms with Gasteiger partial charge < -0.3 is 5.32 Å². The van der Waals surface area contributed by atoms with Crippen LogP contribution in [0, 0.1) is 5.92 Å². The van der Waals surface area contributed by atoms with Crippen molar-refractivity contribution in [2.45, 2.75) is 37.8 Å². The Kier molecular flexibility index (Phi) is 3.05. The molecule has 1 aliphatic heterocycles. The number of nitrogens with one attached hydrogen (secondary N) is 1. The van der Waals surface area contributed by atoms with Crippen LogP contribution in [0.15, 0.2) is 0 Å². The van der Waals surface area contributed by atoms with Crippen molar-refractivity contribution in [2.24, 2.45) is 5.92 Å². The topological polar surface area (TPSA) is 12.0 Å². The molecule has 0 saturated carbocycles. The van der Waals surface area contributed by atoms with Crippen molar-refractivity contribution in [3.05, 3.63) is 0 Å². The minimum absolute atomic E-state index is 0.731. The van der Waals surface area contributed by atoms with Crippen LogP contribution >= 0.6 is 11.8 Å². The minimum Gasteiger partial charge on any atom is -0.304 e. The molecular weight excluding hydrogens is 142 g/mol. The molecule has 0 aromatic carbocycles. The third-order valence-corrected chi connectivity index (χ3v) is 3.03. The molecule has 60 valence electrons. The number of hydrogen-bond acceptors (Lipinski definition) is 2. The molecule has 0 bridgehead atoms. The third kappa shape index (κ3) is 2.51. The zero-order valence-electron chi connectivity index (χ0n) is 7.05. The van der Waals surface area contributed by atoms with Crippen LogP contribution in [0.3, 0.4) is 0 Å². The molecule has 0 aliphatic carbocycles. The maximum Gasteiger partial charge on any atom is 0.0538 e. The molecule has 10 heavy (non-hydrogen) atoms. The first-order valence-electron chi connectivity index (χ1n) is 4.07. The second-order valence-corrected chi connectivity index (χ2v) is 5.12. The molecule has 2 heteroatoms. The van der Waals surface area contributed by atoms with Crippen molar-refractivity contribution in [3.63, 3.8) is 0 Å². The lowest BCUT2D eigenvalue weighted by Crippen LogP contribution is -2.21. The smallest absolute Gasteiger partial charge is 0.0538 e. The maximum atomic E-state index is 3.50. The molecule has 0 aromatic heterocycles. The summed E-state index contributed by atoms with van der Waals surface area (Å²) in [4.78, 5) is 0. The second kappa shape index (κ2) is 3.63. The Hall–Kier alpha value is 0.310. The van der Waals surface area contributed by atoms with Crippen LogP contribution < -0.4 is 5.32 Å². The van der Waals surface area contributed by atoms with Crippen molar-refractivity contribution in [1.29, 1.82) is 0 Å². The highest BCUT2D eigenvalue weighted by molar-refractivity contribution is 8.00. The molecule has 1 saturated heterocycles.